The Morgan fingerprint density at radius 2 is 1.89 bits per heavy atom. The first kappa shape index (κ1) is 29.9. The van der Waals surface area contributed by atoms with Crippen LogP contribution in [0, 0.1) is 25.2 Å². The van der Waals surface area contributed by atoms with Gasteiger partial charge >= 0.3 is 5.97 Å². The number of carbonyl (C=O) groups excluding carboxylic acids is 3. The molecule has 0 spiro atoms. The average Bonchev–Trinajstić information content (AvgIpc) is 3.48. The standard InChI is InChI=1S/C32H33N3O9S/c1-13-6-16-7-17-18(8-33)35-19-9-41-10-20(37)21(38)11-45-32(26(35)25(34(17)4)22(16)27(39)28(13)40-5)24-23(19)31-30(42-12-43-31)14(2)29(24)44-15(3)36/h6,17-19,25-26,32,39H,7,9-12H2,1-5H3/t17-,18+,19-,25-,26?,32-/m1/s1. The summed E-state index contributed by atoms with van der Waals surface area (Å²) in [5.41, 5.74) is 4.22. The second kappa shape index (κ2) is 10.9. The van der Waals surface area contributed by atoms with Crippen LogP contribution >= 0.6 is 11.8 Å². The summed E-state index contributed by atoms with van der Waals surface area (Å²) in [7, 11) is 3.46. The number of hydrogen-bond acceptors (Lipinski definition) is 13. The molecule has 12 nitrogen and oxygen atoms in total. The number of thioether (sulfide) groups is 1. The number of phenols is 1. The van der Waals surface area contributed by atoms with Gasteiger partial charge in [-0.25, -0.2) is 0 Å². The zero-order valence-electron chi connectivity index (χ0n) is 25.5. The molecule has 0 saturated carbocycles. The quantitative estimate of drug-likeness (QED) is 0.293. The number of ketones is 2. The van der Waals surface area contributed by atoms with Crippen LogP contribution in [0.2, 0.25) is 0 Å². The Morgan fingerprint density at radius 1 is 1.13 bits per heavy atom. The SMILES string of the molecule is COc1c(C)cc2c(c1O)[C@@H]1C3[C@@H]4SCC(=O)C(=O)COC[C@H](c5c6c(c(C)c(OC(C)=O)c54)OCO6)N3[C@@H](C#N)[C@@H](C2)N1C. The molecule has 0 amide bonds. The number of aromatic hydroxyl groups is 1. The Balaban J connectivity index is 1.57. The topological polar surface area (TPSA) is 148 Å². The number of hydrogen-bond donors (Lipinski definition) is 1. The van der Waals surface area contributed by atoms with Crippen molar-refractivity contribution in [3.8, 4) is 34.8 Å². The molecule has 45 heavy (non-hydrogen) atoms. The number of benzene rings is 2. The van der Waals surface area contributed by atoms with Crippen LogP contribution in [0.15, 0.2) is 6.07 Å². The predicted octanol–water partition coefficient (Wildman–Crippen LogP) is 2.84. The number of methoxy groups -OCH3 is 1. The molecule has 13 heteroatoms. The van der Waals surface area contributed by atoms with Gasteiger partial charge < -0.3 is 28.8 Å². The largest absolute Gasteiger partial charge is 0.504 e. The second-order valence-electron chi connectivity index (χ2n) is 12.1. The number of carbonyl (C=O) groups is 3. The van der Waals surface area contributed by atoms with Crippen LogP contribution in [0.1, 0.15) is 57.6 Å². The van der Waals surface area contributed by atoms with Gasteiger partial charge in [-0.15, -0.1) is 11.8 Å². The Kier molecular flexibility index (Phi) is 7.24. The molecule has 0 aliphatic carbocycles. The molecule has 7 rings (SSSR count). The van der Waals surface area contributed by atoms with Crippen molar-refractivity contribution < 1.29 is 43.2 Å². The van der Waals surface area contributed by atoms with E-state index in [0.29, 0.717) is 51.7 Å². The number of phenolic OH excluding ortho intramolecular Hbond substituents is 1. The molecule has 5 heterocycles. The van der Waals surface area contributed by atoms with Gasteiger partial charge in [-0.05, 0) is 38.4 Å². The van der Waals surface area contributed by atoms with Crippen LogP contribution in [-0.2, 0) is 25.5 Å². The third-order valence-electron chi connectivity index (χ3n) is 9.76. The van der Waals surface area contributed by atoms with Crippen molar-refractivity contribution in [3.05, 3.63) is 39.4 Å². The minimum absolute atomic E-state index is 0.0261. The highest BCUT2D eigenvalue weighted by Crippen LogP contribution is 2.63. The lowest BCUT2D eigenvalue weighted by Crippen LogP contribution is -2.69. The molecule has 2 fully saturated rings. The van der Waals surface area contributed by atoms with Gasteiger partial charge in [0.15, 0.2) is 23.0 Å². The van der Waals surface area contributed by atoms with Gasteiger partial charge in [-0.3, -0.25) is 24.2 Å². The number of nitrogens with zero attached hydrogens (tertiary/aromatic N) is 3. The number of aryl methyl sites for hydroxylation is 1. The monoisotopic (exact) mass is 635 g/mol. The summed E-state index contributed by atoms with van der Waals surface area (Å²) in [5, 5.41) is 22.0. The molecular formula is C32H33N3O9S. The summed E-state index contributed by atoms with van der Waals surface area (Å²) < 4.78 is 29.5. The van der Waals surface area contributed by atoms with E-state index >= 15 is 0 Å². The van der Waals surface area contributed by atoms with Crippen LogP contribution in [0.25, 0.3) is 0 Å². The highest BCUT2D eigenvalue weighted by Gasteiger charge is 2.60. The minimum atomic E-state index is -0.651. The number of piperazine rings is 1. The van der Waals surface area contributed by atoms with E-state index in [1.807, 2.05) is 20.0 Å². The Morgan fingerprint density at radius 3 is 2.60 bits per heavy atom. The van der Waals surface area contributed by atoms with Gasteiger partial charge in [-0.1, -0.05) is 6.07 Å². The number of nitriles is 1. The highest BCUT2D eigenvalue weighted by atomic mass is 32.2. The first-order valence-electron chi connectivity index (χ1n) is 14.8. The molecule has 236 valence electrons. The zero-order valence-corrected chi connectivity index (χ0v) is 26.4. The molecule has 0 aromatic heterocycles. The van der Waals surface area contributed by atoms with E-state index in [0.717, 1.165) is 11.1 Å². The van der Waals surface area contributed by atoms with Crippen LogP contribution < -0.4 is 18.9 Å². The van der Waals surface area contributed by atoms with Gasteiger partial charge in [0.2, 0.25) is 18.4 Å². The van der Waals surface area contributed by atoms with Gasteiger partial charge in [0.1, 0.15) is 18.4 Å². The maximum Gasteiger partial charge on any atom is 0.308 e. The summed E-state index contributed by atoms with van der Waals surface area (Å²) in [5.74, 6) is -0.337. The Labute approximate surface area is 264 Å². The summed E-state index contributed by atoms with van der Waals surface area (Å²) in [4.78, 5) is 42.6. The third kappa shape index (κ3) is 4.26. The summed E-state index contributed by atoms with van der Waals surface area (Å²) >= 11 is 1.25. The van der Waals surface area contributed by atoms with Crippen LogP contribution in [-0.4, -0.2) is 90.5 Å². The molecule has 1 N–H and O–H groups in total. The third-order valence-corrected chi connectivity index (χ3v) is 11.1. The van der Waals surface area contributed by atoms with E-state index in [2.05, 4.69) is 15.9 Å². The first-order valence-corrected chi connectivity index (χ1v) is 15.8. The van der Waals surface area contributed by atoms with Crippen molar-refractivity contribution in [1.82, 2.24) is 9.80 Å². The molecule has 4 bridgehead atoms. The molecule has 2 aromatic carbocycles. The molecule has 1 unspecified atom stereocenters. The number of ether oxygens (including phenoxy) is 5. The van der Waals surface area contributed by atoms with E-state index in [1.165, 1.54) is 25.8 Å². The van der Waals surface area contributed by atoms with Crippen molar-refractivity contribution in [2.24, 2.45) is 0 Å². The summed E-state index contributed by atoms with van der Waals surface area (Å²) in [6.45, 7) is 4.48. The number of likely N-dealkylation sites (N-methyl/N-ethyl adjacent to an activating group) is 1. The van der Waals surface area contributed by atoms with Gasteiger partial charge in [0, 0.05) is 41.3 Å². The Hall–Kier alpha value is -3.83. The molecule has 5 aliphatic heterocycles. The fourth-order valence-corrected chi connectivity index (χ4v) is 9.41. The molecule has 6 atom stereocenters. The fraction of sp³-hybridized carbons (Fsp3) is 0.500. The maximum absolute atomic E-state index is 13.1. The summed E-state index contributed by atoms with van der Waals surface area (Å²) in [6, 6.07) is 2.00. The van der Waals surface area contributed by atoms with Gasteiger partial charge in [-0.2, -0.15) is 5.26 Å². The van der Waals surface area contributed by atoms with Gasteiger partial charge in [0.25, 0.3) is 0 Å². The maximum atomic E-state index is 13.1. The zero-order chi connectivity index (χ0) is 31.9. The van der Waals surface area contributed by atoms with Crippen LogP contribution in [0.4, 0.5) is 0 Å². The van der Waals surface area contributed by atoms with Gasteiger partial charge in [0.05, 0.1) is 42.9 Å². The molecule has 2 aromatic rings. The number of esters is 1. The van der Waals surface area contributed by atoms with E-state index in [9.17, 15) is 24.8 Å². The Bertz CT molecular complexity index is 1700. The lowest BCUT2D eigenvalue weighted by Gasteiger charge is -2.61. The van der Waals surface area contributed by atoms with Crippen molar-refractivity contribution in [3.63, 3.8) is 0 Å². The normalized spacial score (nSPS) is 28.8. The second-order valence-corrected chi connectivity index (χ2v) is 13.2. The smallest absolute Gasteiger partial charge is 0.308 e. The molecular weight excluding hydrogens is 602 g/mol. The van der Waals surface area contributed by atoms with Crippen molar-refractivity contribution >= 4 is 29.3 Å². The van der Waals surface area contributed by atoms with Crippen molar-refractivity contribution in [1.29, 1.82) is 5.26 Å². The minimum Gasteiger partial charge on any atom is -0.504 e. The van der Waals surface area contributed by atoms with E-state index in [1.54, 1.807) is 6.92 Å². The van der Waals surface area contributed by atoms with E-state index < -0.39 is 53.6 Å². The van der Waals surface area contributed by atoms with Crippen molar-refractivity contribution in [2.45, 2.75) is 62.7 Å². The van der Waals surface area contributed by atoms with E-state index in [-0.39, 0.29) is 30.9 Å². The van der Waals surface area contributed by atoms with Crippen LogP contribution in [0.3, 0.4) is 0 Å². The number of Topliss-reactive ketones (excluding diaryl/α,β-unsaturated/α-hetero) is 2. The van der Waals surface area contributed by atoms with E-state index in [4.69, 9.17) is 23.7 Å². The molecule has 2 saturated heterocycles. The van der Waals surface area contributed by atoms with Crippen LogP contribution in [0.5, 0.6) is 28.7 Å². The highest BCUT2D eigenvalue weighted by molar-refractivity contribution is 8.00. The first-order chi connectivity index (χ1) is 21.6. The predicted molar refractivity (Wildman–Crippen MR) is 160 cm³/mol. The summed E-state index contributed by atoms with van der Waals surface area (Å²) in [6.07, 6.45) is 0.502. The number of fused-ring (bicyclic) bond motifs is 9. The lowest BCUT2D eigenvalue weighted by molar-refractivity contribution is -0.139. The average molecular weight is 636 g/mol. The molecule has 5 aliphatic rings. The fourth-order valence-electron chi connectivity index (χ4n) is 8.03. The molecule has 0 radical (unpaired) electrons. The number of rotatable bonds is 2. The lowest BCUT2D eigenvalue weighted by atomic mass is 9.71. The van der Waals surface area contributed by atoms with Crippen molar-refractivity contribution in [2.75, 3.05) is 39.9 Å².